The molecule has 29 heavy (non-hydrogen) atoms. The van der Waals surface area contributed by atoms with E-state index < -0.39 is 46.1 Å². The molecule has 2 amide bonds. The Hall–Kier alpha value is -2.92. The highest BCUT2D eigenvalue weighted by Gasteiger charge is 2.28. The molecule has 1 saturated heterocycles. The van der Waals surface area contributed by atoms with Crippen molar-refractivity contribution in [2.75, 3.05) is 30.9 Å². The van der Waals surface area contributed by atoms with Crippen LogP contribution in [0.25, 0.3) is 0 Å². The van der Waals surface area contributed by atoms with Crippen molar-refractivity contribution in [3.05, 3.63) is 65.0 Å². The van der Waals surface area contributed by atoms with Crippen molar-refractivity contribution in [2.24, 2.45) is 0 Å². The number of nitrogens with one attached hydrogen (secondary N) is 1. The molecule has 11 heteroatoms. The number of benzene rings is 2. The van der Waals surface area contributed by atoms with Gasteiger partial charge in [0.1, 0.15) is 23.0 Å². The summed E-state index contributed by atoms with van der Waals surface area (Å²) in [7, 11) is 0. The second-order valence-corrected chi connectivity index (χ2v) is 6.93. The first-order chi connectivity index (χ1) is 13.8. The normalized spacial score (nSPS) is 15.2. The van der Waals surface area contributed by atoms with Crippen molar-refractivity contribution in [3.8, 4) is 0 Å². The first-order valence-corrected chi connectivity index (χ1v) is 9.58. The van der Waals surface area contributed by atoms with Gasteiger partial charge in [0.25, 0.3) is 23.1 Å². The highest BCUT2D eigenvalue weighted by Crippen LogP contribution is 2.19. The van der Waals surface area contributed by atoms with Crippen LogP contribution in [0.3, 0.4) is 0 Å². The lowest BCUT2D eigenvalue weighted by Crippen LogP contribution is -2.50. The Morgan fingerprint density at radius 2 is 1.45 bits per heavy atom. The van der Waals surface area contributed by atoms with E-state index in [1.165, 1.54) is 15.9 Å². The summed E-state index contributed by atoms with van der Waals surface area (Å²) in [6.45, 7) is 0.319. The summed E-state index contributed by atoms with van der Waals surface area (Å²) in [4.78, 5) is 27.6. The van der Waals surface area contributed by atoms with E-state index in [2.05, 4.69) is 0 Å². The van der Waals surface area contributed by atoms with Crippen molar-refractivity contribution in [1.29, 1.82) is 0 Å². The van der Waals surface area contributed by atoms with Crippen molar-refractivity contribution in [3.63, 3.8) is 0 Å². The number of hydrogen-bond acceptors (Lipinski definition) is 3. The molecular weight excluding hydrogens is 411 g/mol. The van der Waals surface area contributed by atoms with E-state index in [1.807, 2.05) is 4.72 Å². The zero-order chi connectivity index (χ0) is 21.1. The van der Waals surface area contributed by atoms with E-state index in [0.29, 0.717) is 0 Å². The van der Waals surface area contributed by atoms with Gasteiger partial charge in [0.15, 0.2) is 0 Å². The molecule has 2 N–H and O–H groups in total. The Bertz CT molecular complexity index is 961. The van der Waals surface area contributed by atoms with Gasteiger partial charge in [-0.3, -0.25) is 18.9 Å². The Morgan fingerprint density at radius 1 is 0.897 bits per heavy atom. The van der Waals surface area contributed by atoms with Crippen molar-refractivity contribution in [2.45, 2.75) is 0 Å². The Morgan fingerprint density at radius 3 is 1.97 bits per heavy atom. The van der Waals surface area contributed by atoms with E-state index in [1.54, 1.807) is 0 Å². The molecule has 1 heterocycles. The SMILES string of the molecule is O=C(c1ccc(NS(=O)O)c(F)c1)N1CCN(C(=O)c2c(F)cccc2F)CC1. The molecule has 0 aromatic heterocycles. The van der Waals surface area contributed by atoms with Crippen LogP contribution in [-0.4, -0.2) is 56.6 Å². The fourth-order valence-corrected chi connectivity index (χ4v) is 3.33. The van der Waals surface area contributed by atoms with Gasteiger partial charge in [-0.1, -0.05) is 6.07 Å². The standard InChI is InChI=1S/C18H16F3N3O4S/c19-12-2-1-3-13(20)16(12)18(26)24-8-6-23(7-9-24)17(25)11-4-5-15(14(21)10-11)22-29(27)28/h1-5,10,22H,6-9H2,(H,27,28). The molecule has 1 aliphatic heterocycles. The van der Waals surface area contributed by atoms with Gasteiger partial charge in [-0.2, -0.15) is 0 Å². The second-order valence-electron chi connectivity index (χ2n) is 6.23. The minimum absolute atomic E-state index is 0.0247. The number of rotatable bonds is 4. The van der Waals surface area contributed by atoms with E-state index in [4.69, 9.17) is 4.55 Å². The molecule has 1 aliphatic rings. The molecule has 2 aromatic carbocycles. The summed E-state index contributed by atoms with van der Waals surface area (Å²) >= 11 is -2.45. The maximum Gasteiger partial charge on any atom is 0.259 e. The molecule has 0 aliphatic carbocycles. The van der Waals surface area contributed by atoms with E-state index in [0.717, 1.165) is 30.3 Å². The average molecular weight is 427 g/mol. The van der Waals surface area contributed by atoms with Crippen molar-refractivity contribution < 1.29 is 31.5 Å². The van der Waals surface area contributed by atoms with Gasteiger partial charge in [0, 0.05) is 31.7 Å². The average Bonchev–Trinajstić information content (AvgIpc) is 2.68. The lowest BCUT2D eigenvalue weighted by Gasteiger charge is -2.35. The van der Waals surface area contributed by atoms with Gasteiger partial charge in [-0.05, 0) is 30.3 Å². The minimum Gasteiger partial charge on any atom is -0.335 e. The number of nitrogens with zero attached hydrogens (tertiary/aromatic N) is 2. The number of halogens is 3. The number of carbonyl (C=O) groups excluding carboxylic acids is 2. The van der Waals surface area contributed by atoms with Crippen LogP contribution < -0.4 is 4.72 Å². The van der Waals surface area contributed by atoms with Crippen LogP contribution in [0.1, 0.15) is 20.7 Å². The van der Waals surface area contributed by atoms with Gasteiger partial charge >= 0.3 is 0 Å². The molecule has 1 fully saturated rings. The van der Waals surface area contributed by atoms with Crippen molar-refractivity contribution >= 4 is 28.8 Å². The third kappa shape index (κ3) is 4.57. The molecule has 2 aromatic rings. The number of amides is 2. The second kappa shape index (κ2) is 8.62. The van der Waals surface area contributed by atoms with Gasteiger partial charge in [-0.15, -0.1) is 0 Å². The predicted octanol–water partition coefficient (Wildman–Crippen LogP) is 2.25. The number of piperazine rings is 1. The smallest absolute Gasteiger partial charge is 0.259 e. The zero-order valence-corrected chi connectivity index (χ0v) is 15.7. The molecule has 0 saturated carbocycles. The molecule has 0 spiro atoms. The van der Waals surface area contributed by atoms with E-state index >= 15 is 0 Å². The molecule has 1 atom stereocenters. The van der Waals surface area contributed by atoms with E-state index in [-0.39, 0.29) is 37.4 Å². The zero-order valence-electron chi connectivity index (χ0n) is 14.9. The summed E-state index contributed by atoms with van der Waals surface area (Å²) in [5.41, 5.74) is -0.847. The molecular formula is C18H16F3N3O4S. The van der Waals surface area contributed by atoms with Crippen LogP contribution in [0, 0.1) is 17.5 Å². The van der Waals surface area contributed by atoms with Crippen LogP contribution in [0.15, 0.2) is 36.4 Å². The molecule has 1 unspecified atom stereocenters. The summed E-state index contributed by atoms with van der Waals surface area (Å²) in [6, 6.07) is 6.55. The number of carbonyl (C=O) groups is 2. The lowest BCUT2D eigenvalue weighted by atomic mass is 10.1. The van der Waals surface area contributed by atoms with Crippen molar-refractivity contribution in [1.82, 2.24) is 9.80 Å². The van der Waals surface area contributed by atoms with Gasteiger partial charge in [0.05, 0.1) is 5.69 Å². The molecule has 0 radical (unpaired) electrons. The predicted molar refractivity (Wildman–Crippen MR) is 99.0 cm³/mol. The molecule has 0 bridgehead atoms. The Kier molecular flexibility index (Phi) is 6.18. The molecule has 154 valence electrons. The Balaban J connectivity index is 1.66. The third-order valence-electron chi connectivity index (χ3n) is 4.44. The summed E-state index contributed by atoms with van der Waals surface area (Å²) < 4.78 is 63.0. The van der Waals surface area contributed by atoms with Crippen LogP contribution in [0.2, 0.25) is 0 Å². The van der Waals surface area contributed by atoms with Gasteiger partial charge in [-0.25, -0.2) is 17.4 Å². The monoisotopic (exact) mass is 427 g/mol. The topological polar surface area (TPSA) is 89.9 Å². The van der Waals surface area contributed by atoms with Crippen LogP contribution >= 0.6 is 0 Å². The first kappa shape index (κ1) is 20.8. The minimum atomic E-state index is -2.45. The third-order valence-corrected chi connectivity index (χ3v) is 4.84. The first-order valence-electron chi connectivity index (χ1n) is 8.47. The maximum atomic E-state index is 14.0. The fourth-order valence-electron chi connectivity index (χ4n) is 2.98. The molecule has 7 nitrogen and oxygen atoms in total. The van der Waals surface area contributed by atoms with Gasteiger partial charge in [0.2, 0.25) is 0 Å². The highest BCUT2D eigenvalue weighted by atomic mass is 32.2. The van der Waals surface area contributed by atoms with Crippen LogP contribution in [0.4, 0.5) is 18.9 Å². The summed E-state index contributed by atoms with van der Waals surface area (Å²) in [5.74, 6) is -4.08. The van der Waals surface area contributed by atoms with Gasteiger partial charge < -0.3 is 9.80 Å². The largest absolute Gasteiger partial charge is 0.335 e. The number of anilines is 1. The summed E-state index contributed by atoms with van der Waals surface area (Å²) in [5, 5.41) is 0. The quantitative estimate of drug-likeness (QED) is 0.733. The summed E-state index contributed by atoms with van der Waals surface area (Å²) in [6.07, 6.45) is 0. The molecule has 3 rings (SSSR count). The fraction of sp³-hybridized carbons (Fsp3) is 0.222. The maximum absolute atomic E-state index is 14.0. The highest BCUT2D eigenvalue weighted by molar-refractivity contribution is 7.80. The van der Waals surface area contributed by atoms with Crippen LogP contribution in [-0.2, 0) is 11.3 Å². The van der Waals surface area contributed by atoms with Crippen LogP contribution in [0.5, 0.6) is 0 Å². The van der Waals surface area contributed by atoms with E-state index in [9.17, 15) is 27.0 Å². The number of hydrogen-bond donors (Lipinski definition) is 2. The lowest BCUT2D eigenvalue weighted by molar-refractivity contribution is 0.0529. The Labute approximate surface area is 166 Å².